The monoisotopic (exact) mass is 406 g/mol. The minimum absolute atomic E-state index is 0.0743. The van der Waals surface area contributed by atoms with E-state index in [1.807, 2.05) is 39.0 Å². The van der Waals surface area contributed by atoms with E-state index in [9.17, 15) is 13.2 Å². The number of amides is 1. The summed E-state index contributed by atoms with van der Waals surface area (Å²) < 4.78 is 37.7. The molecule has 0 heterocycles. The molecule has 0 unspecified atom stereocenters. The number of hydrogen-bond acceptors (Lipinski definition) is 5. The van der Waals surface area contributed by atoms with E-state index < -0.39 is 10.0 Å². The molecule has 0 saturated carbocycles. The van der Waals surface area contributed by atoms with Crippen molar-refractivity contribution in [1.29, 1.82) is 0 Å². The Morgan fingerprint density at radius 1 is 1.00 bits per heavy atom. The molecule has 0 aromatic heterocycles. The van der Waals surface area contributed by atoms with Gasteiger partial charge >= 0.3 is 0 Å². The van der Waals surface area contributed by atoms with Gasteiger partial charge in [0.2, 0.25) is 10.0 Å². The summed E-state index contributed by atoms with van der Waals surface area (Å²) in [5, 5.41) is 2.62. The fourth-order valence-corrected chi connectivity index (χ4v) is 3.54. The van der Waals surface area contributed by atoms with Crippen molar-refractivity contribution < 1.29 is 22.7 Å². The van der Waals surface area contributed by atoms with Crippen LogP contribution in [0.5, 0.6) is 11.5 Å². The zero-order valence-corrected chi connectivity index (χ0v) is 17.1. The van der Waals surface area contributed by atoms with E-state index >= 15 is 0 Å². The van der Waals surface area contributed by atoms with Gasteiger partial charge in [0.05, 0.1) is 11.5 Å². The average molecular weight is 407 g/mol. The number of aryl methyl sites for hydroxylation is 2. The zero-order chi connectivity index (χ0) is 20.6. The Morgan fingerprint density at radius 2 is 1.71 bits per heavy atom. The molecule has 2 N–H and O–H groups in total. The van der Waals surface area contributed by atoms with Gasteiger partial charge in [0.15, 0.2) is 6.61 Å². The van der Waals surface area contributed by atoms with Crippen LogP contribution in [0, 0.1) is 13.8 Å². The largest absolute Gasteiger partial charge is 0.494 e. The molecule has 28 heavy (non-hydrogen) atoms. The lowest BCUT2D eigenvalue weighted by Crippen LogP contribution is -2.36. The maximum absolute atomic E-state index is 12.2. The Hall–Kier alpha value is -2.58. The van der Waals surface area contributed by atoms with Crippen LogP contribution in [0.4, 0.5) is 0 Å². The maximum atomic E-state index is 12.2. The van der Waals surface area contributed by atoms with Crippen molar-refractivity contribution in [2.45, 2.75) is 25.7 Å². The van der Waals surface area contributed by atoms with Gasteiger partial charge in [-0.3, -0.25) is 4.79 Å². The Bertz CT molecular complexity index is 895. The third kappa shape index (κ3) is 6.54. The lowest BCUT2D eigenvalue weighted by Gasteiger charge is -2.11. The smallest absolute Gasteiger partial charge is 0.257 e. The fraction of sp³-hybridized carbons (Fsp3) is 0.350. The highest BCUT2D eigenvalue weighted by Crippen LogP contribution is 2.18. The van der Waals surface area contributed by atoms with Gasteiger partial charge in [-0.1, -0.05) is 17.7 Å². The molecular weight excluding hydrogens is 380 g/mol. The standard InChI is InChI=1S/C20H26N2O5S/c1-4-26-17-6-8-18(9-7-17)28(24,25)22-12-11-21-20(23)14-27-19-10-5-15(2)13-16(19)3/h5-10,13,22H,4,11-12,14H2,1-3H3,(H,21,23). The Balaban J connectivity index is 1.74. The van der Waals surface area contributed by atoms with Gasteiger partial charge in [0.25, 0.3) is 5.91 Å². The average Bonchev–Trinajstić information content (AvgIpc) is 2.65. The van der Waals surface area contributed by atoms with Gasteiger partial charge < -0.3 is 14.8 Å². The number of hydrogen-bond donors (Lipinski definition) is 2. The molecule has 0 aliphatic heterocycles. The fourth-order valence-electron chi connectivity index (χ4n) is 2.51. The summed E-state index contributed by atoms with van der Waals surface area (Å²) in [5.41, 5.74) is 2.07. The predicted octanol–water partition coefficient (Wildman–Crippen LogP) is 2.18. The van der Waals surface area contributed by atoms with E-state index in [-0.39, 0.29) is 30.5 Å². The quantitative estimate of drug-likeness (QED) is 0.590. The van der Waals surface area contributed by atoms with Gasteiger partial charge in [-0.05, 0) is 56.7 Å². The van der Waals surface area contributed by atoms with Crippen LogP contribution in [0.25, 0.3) is 0 Å². The van der Waals surface area contributed by atoms with Crippen LogP contribution >= 0.6 is 0 Å². The molecule has 1 amide bonds. The van der Waals surface area contributed by atoms with Crippen molar-refractivity contribution in [1.82, 2.24) is 10.0 Å². The van der Waals surface area contributed by atoms with E-state index in [1.54, 1.807) is 12.1 Å². The molecule has 0 aliphatic rings. The number of carbonyl (C=O) groups is 1. The van der Waals surface area contributed by atoms with Crippen LogP contribution in [-0.4, -0.2) is 40.6 Å². The Kier molecular flexibility index (Phi) is 7.83. The van der Waals surface area contributed by atoms with Crippen molar-refractivity contribution in [2.75, 3.05) is 26.3 Å². The second-order valence-corrected chi connectivity index (χ2v) is 7.98. The second-order valence-electron chi connectivity index (χ2n) is 6.21. The molecule has 0 fully saturated rings. The predicted molar refractivity (Wildman–Crippen MR) is 107 cm³/mol. The number of sulfonamides is 1. The van der Waals surface area contributed by atoms with Gasteiger partial charge in [0.1, 0.15) is 11.5 Å². The Morgan fingerprint density at radius 3 is 2.36 bits per heavy atom. The summed E-state index contributed by atoms with van der Waals surface area (Å²) >= 11 is 0. The molecule has 8 heteroatoms. The lowest BCUT2D eigenvalue weighted by molar-refractivity contribution is -0.123. The molecule has 0 aliphatic carbocycles. The molecule has 0 radical (unpaired) electrons. The zero-order valence-electron chi connectivity index (χ0n) is 16.3. The molecular formula is C20H26N2O5S. The number of ether oxygens (including phenoxy) is 2. The number of benzene rings is 2. The molecule has 2 aromatic rings. The van der Waals surface area contributed by atoms with Crippen molar-refractivity contribution in [3.05, 3.63) is 53.6 Å². The van der Waals surface area contributed by atoms with Crippen molar-refractivity contribution in [3.8, 4) is 11.5 Å². The minimum atomic E-state index is -3.64. The Labute approximate surface area is 166 Å². The number of nitrogens with one attached hydrogen (secondary N) is 2. The van der Waals surface area contributed by atoms with Crippen LogP contribution in [-0.2, 0) is 14.8 Å². The molecule has 7 nitrogen and oxygen atoms in total. The van der Waals surface area contributed by atoms with E-state index in [4.69, 9.17) is 9.47 Å². The summed E-state index contributed by atoms with van der Waals surface area (Å²) in [4.78, 5) is 12.0. The van der Waals surface area contributed by atoms with Gasteiger partial charge in [-0.2, -0.15) is 0 Å². The molecule has 0 saturated heterocycles. The van der Waals surface area contributed by atoms with Gasteiger partial charge in [0, 0.05) is 13.1 Å². The maximum Gasteiger partial charge on any atom is 0.257 e. The van der Waals surface area contributed by atoms with Gasteiger partial charge in [-0.15, -0.1) is 0 Å². The van der Waals surface area contributed by atoms with Crippen LogP contribution in [0.1, 0.15) is 18.1 Å². The number of carbonyl (C=O) groups excluding carboxylic acids is 1. The van der Waals surface area contributed by atoms with Crippen LogP contribution < -0.4 is 19.5 Å². The van der Waals surface area contributed by atoms with Crippen molar-refractivity contribution in [3.63, 3.8) is 0 Å². The highest BCUT2D eigenvalue weighted by molar-refractivity contribution is 7.89. The van der Waals surface area contributed by atoms with Crippen LogP contribution in [0.15, 0.2) is 47.4 Å². The third-order valence-corrected chi connectivity index (χ3v) is 5.35. The summed E-state index contributed by atoms with van der Waals surface area (Å²) in [6, 6.07) is 11.9. The first-order valence-electron chi connectivity index (χ1n) is 9.01. The van der Waals surface area contributed by atoms with Crippen LogP contribution in [0.3, 0.4) is 0 Å². The van der Waals surface area contributed by atoms with Crippen molar-refractivity contribution >= 4 is 15.9 Å². The topological polar surface area (TPSA) is 93.7 Å². The number of rotatable bonds is 10. The molecule has 0 bridgehead atoms. The highest BCUT2D eigenvalue weighted by atomic mass is 32.2. The van der Waals surface area contributed by atoms with E-state index in [2.05, 4.69) is 10.0 Å². The van der Waals surface area contributed by atoms with E-state index in [0.717, 1.165) is 11.1 Å². The highest BCUT2D eigenvalue weighted by Gasteiger charge is 2.13. The van der Waals surface area contributed by atoms with E-state index in [1.165, 1.54) is 12.1 Å². The SMILES string of the molecule is CCOc1ccc(S(=O)(=O)NCCNC(=O)COc2ccc(C)cc2C)cc1. The summed E-state index contributed by atoms with van der Waals surface area (Å²) in [6.07, 6.45) is 0. The third-order valence-electron chi connectivity index (χ3n) is 3.87. The molecule has 0 spiro atoms. The second kappa shape index (κ2) is 10.1. The summed E-state index contributed by atoms with van der Waals surface area (Å²) in [5.74, 6) is 0.940. The molecule has 2 aromatic carbocycles. The normalized spacial score (nSPS) is 11.1. The molecule has 152 valence electrons. The molecule has 0 atom stereocenters. The summed E-state index contributed by atoms with van der Waals surface area (Å²) in [7, 11) is -3.64. The molecule has 2 rings (SSSR count). The van der Waals surface area contributed by atoms with Gasteiger partial charge in [-0.25, -0.2) is 13.1 Å². The minimum Gasteiger partial charge on any atom is -0.494 e. The summed E-state index contributed by atoms with van der Waals surface area (Å²) in [6.45, 7) is 6.37. The van der Waals surface area contributed by atoms with E-state index in [0.29, 0.717) is 18.1 Å². The first-order valence-corrected chi connectivity index (χ1v) is 10.5. The first-order chi connectivity index (χ1) is 13.3. The van der Waals surface area contributed by atoms with Crippen molar-refractivity contribution in [2.24, 2.45) is 0 Å². The lowest BCUT2D eigenvalue weighted by atomic mass is 10.1. The first kappa shape index (κ1) is 21.7. The van der Waals surface area contributed by atoms with Crippen LogP contribution in [0.2, 0.25) is 0 Å².